The SMILES string of the molecule is C[C@@H]1C(=O)C(C(N)=O)=C(O)[C@@]2(O)C(=O)C3=C(O)c4c(ccc(NC(=O)NCCCCCC(=O)O)c4O)[C@@](C)(O)[C@H]3C[C@@H]12. The molecule has 10 N–H and O–H groups in total. The fourth-order valence-corrected chi connectivity index (χ4v) is 6.28. The molecule has 0 saturated heterocycles. The predicted molar refractivity (Wildman–Crippen MR) is 145 cm³/mol. The number of phenolic OH excluding ortho intramolecular Hbond substituents is 1. The number of rotatable bonds is 8. The van der Waals surface area contributed by atoms with Gasteiger partial charge in [-0.25, -0.2) is 4.79 Å². The molecule has 226 valence electrons. The lowest BCUT2D eigenvalue weighted by atomic mass is 9.53. The van der Waals surface area contributed by atoms with Crippen LogP contribution in [0, 0.1) is 17.8 Å². The number of amides is 3. The molecular formula is C28H33N3O11. The molecule has 3 amide bonds. The van der Waals surface area contributed by atoms with Crippen LogP contribution in [0.25, 0.3) is 5.76 Å². The number of ketones is 2. The first-order chi connectivity index (χ1) is 19.6. The van der Waals surface area contributed by atoms with Crippen LogP contribution in [0.5, 0.6) is 5.75 Å². The Labute approximate surface area is 239 Å². The van der Waals surface area contributed by atoms with Gasteiger partial charge in [0, 0.05) is 36.3 Å². The Balaban J connectivity index is 1.69. The molecule has 4 rings (SSSR count). The Morgan fingerprint density at radius 2 is 1.74 bits per heavy atom. The van der Waals surface area contributed by atoms with Crippen molar-refractivity contribution in [1.29, 1.82) is 0 Å². The number of carboxylic acids is 1. The number of urea groups is 1. The highest BCUT2D eigenvalue weighted by atomic mass is 16.4. The van der Waals surface area contributed by atoms with E-state index < -0.39 is 92.4 Å². The van der Waals surface area contributed by atoms with E-state index in [1.165, 1.54) is 26.0 Å². The number of aromatic hydroxyl groups is 1. The van der Waals surface area contributed by atoms with Gasteiger partial charge in [0.1, 0.15) is 22.8 Å². The standard InChI is InChI=1S/C28H33N3O11/c1-11-13-10-14-18(23(37)28(13,42)24(38)19(20(11)34)25(29)39)22(36)17-12(27(14,2)41)7-8-15(21(17)35)31-26(40)30-9-5-3-4-6-16(32)33/h7-8,11,13-14,35-36,38,41-42H,3-6,9-10H2,1-2H3,(H2,29,39)(H,32,33)(H2,30,31,40)/t11-,13-,14-,27+,28-/m0/s1. The van der Waals surface area contributed by atoms with E-state index in [2.05, 4.69) is 10.6 Å². The van der Waals surface area contributed by atoms with Gasteiger partial charge in [-0.05, 0) is 37.8 Å². The quantitative estimate of drug-likeness (QED) is 0.118. The number of carbonyl (C=O) groups excluding carboxylic acids is 4. The van der Waals surface area contributed by atoms with Gasteiger partial charge < -0.3 is 47.0 Å². The third-order valence-corrected chi connectivity index (χ3v) is 8.57. The van der Waals surface area contributed by atoms with Crippen LogP contribution in [0.3, 0.4) is 0 Å². The minimum atomic E-state index is -2.82. The van der Waals surface area contributed by atoms with Crippen molar-refractivity contribution < 1.29 is 54.6 Å². The number of aliphatic hydroxyl groups is 4. The van der Waals surface area contributed by atoms with E-state index in [4.69, 9.17) is 10.8 Å². The summed E-state index contributed by atoms with van der Waals surface area (Å²) in [4.78, 5) is 61.6. The van der Waals surface area contributed by atoms with Gasteiger partial charge >= 0.3 is 12.0 Å². The second-order valence-corrected chi connectivity index (χ2v) is 11.1. The summed E-state index contributed by atoms with van der Waals surface area (Å²) in [6.45, 7) is 2.89. The summed E-state index contributed by atoms with van der Waals surface area (Å²) >= 11 is 0. The van der Waals surface area contributed by atoms with E-state index >= 15 is 0 Å². The maximum Gasteiger partial charge on any atom is 0.319 e. The summed E-state index contributed by atoms with van der Waals surface area (Å²) in [6.07, 6.45) is 1.25. The van der Waals surface area contributed by atoms with Gasteiger partial charge in [0.15, 0.2) is 11.4 Å². The Morgan fingerprint density at radius 1 is 1.07 bits per heavy atom. The van der Waals surface area contributed by atoms with Crippen molar-refractivity contribution >= 4 is 40.9 Å². The number of carboxylic acid groups (broad SMARTS) is 1. The van der Waals surface area contributed by atoms with Gasteiger partial charge in [-0.1, -0.05) is 19.4 Å². The normalized spacial score (nSPS) is 28.5. The van der Waals surface area contributed by atoms with Crippen LogP contribution in [-0.4, -0.2) is 72.3 Å². The third-order valence-electron chi connectivity index (χ3n) is 8.57. The molecule has 1 aromatic carbocycles. The molecule has 1 saturated carbocycles. The molecule has 0 aromatic heterocycles. The van der Waals surface area contributed by atoms with Crippen LogP contribution in [0.4, 0.5) is 10.5 Å². The first-order valence-corrected chi connectivity index (χ1v) is 13.4. The second-order valence-electron chi connectivity index (χ2n) is 11.1. The molecule has 0 bridgehead atoms. The fourth-order valence-electron chi connectivity index (χ4n) is 6.28. The number of hydrogen-bond acceptors (Lipinski definition) is 10. The molecule has 0 heterocycles. The number of aliphatic hydroxyl groups excluding tert-OH is 2. The number of nitrogens with one attached hydrogen (secondary N) is 2. The summed E-state index contributed by atoms with van der Waals surface area (Å²) in [5, 5.41) is 69.9. The molecule has 14 nitrogen and oxygen atoms in total. The molecule has 5 atom stereocenters. The molecule has 1 aromatic rings. The lowest BCUT2D eigenvalue weighted by Crippen LogP contribution is -2.62. The Kier molecular flexibility index (Phi) is 7.82. The van der Waals surface area contributed by atoms with Crippen molar-refractivity contribution in [2.24, 2.45) is 23.5 Å². The van der Waals surface area contributed by atoms with Crippen molar-refractivity contribution in [3.05, 3.63) is 40.2 Å². The summed E-state index contributed by atoms with van der Waals surface area (Å²) in [6, 6.07) is 1.90. The Hall–Kier alpha value is -4.43. The molecule has 3 aliphatic rings. The summed E-state index contributed by atoms with van der Waals surface area (Å²) in [5.41, 5.74) is -1.56. The van der Waals surface area contributed by atoms with Gasteiger partial charge in [-0.15, -0.1) is 0 Å². The summed E-state index contributed by atoms with van der Waals surface area (Å²) < 4.78 is 0. The third kappa shape index (κ3) is 4.65. The molecule has 0 spiro atoms. The van der Waals surface area contributed by atoms with Gasteiger partial charge in [0.25, 0.3) is 5.91 Å². The van der Waals surface area contributed by atoms with Gasteiger partial charge in [-0.2, -0.15) is 0 Å². The number of primary amides is 1. The van der Waals surface area contributed by atoms with Crippen LogP contribution in [0.1, 0.15) is 57.1 Å². The van der Waals surface area contributed by atoms with E-state index in [-0.39, 0.29) is 30.6 Å². The average Bonchev–Trinajstić information content (AvgIpc) is 2.90. The number of aliphatic carboxylic acids is 1. The van der Waals surface area contributed by atoms with E-state index in [0.29, 0.717) is 19.3 Å². The highest BCUT2D eigenvalue weighted by molar-refractivity contribution is 6.23. The van der Waals surface area contributed by atoms with E-state index in [0.717, 1.165) is 0 Å². The van der Waals surface area contributed by atoms with E-state index in [1.54, 1.807) is 0 Å². The van der Waals surface area contributed by atoms with Crippen LogP contribution >= 0.6 is 0 Å². The first kappa shape index (κ1) is 30.5. The average molecular weight is 588 g/mol. The van der Waals surface area contributed by atoms with Crippen LogP contribution in [0.2, 0.25) is 0 Å². The second kappa shape index (κ2) is 10.8. The maximum absolute atomic E-state index is 13.8. The zero-order chi connectivity index (χ0) is 31.3. The molecule has 3 aliphatic carbocycles. The molecule has 14 heteroatoms. The number of unbranched alkanes of at least 4 members (excludes halogenated alkanes) is 2. The molecule has 42 heavy (non-hydrogen) atoms. The summed E-state index contributed by atoms with van der Waals surface area (Å²) in [5.74, 6) is -10.8. The van der Waals surface area contributed by atoms with Crippen LogP contribution in [-0.2, 0) is 24.8 Å². The minimum Gasteiger partial charge on any atom is -0.508 e. The van der Waals surface area contributed by atoms with Gasteiger partial charge in [-0.3, -0.25) is 19.2 Å². The highest BCUT2D eigenvalue weighted by Gasteiger charge is 2.65. The zero-order valence-corrected chi connectivity index (χ0v) is 22.9. The van der Waals surface area contributed by atoms with Crippen LogP contribution in [0.15, 0.2) is 29.0 Å². The lowest BCUT2D eigenvalue weighted by Gasteiger charge is -2.51. The first-order valence-electron chi connectivity index (χ1n) is 13.4. The number of nitrogens with two attached hydrogens (primary N) is 1. The maximum atomic E-state index is 13.8. The Bertz CT molecular complexity index is 1460. The number of benzene rings is 1. The number of Topliss-reactive ketones (excluding diaryl/α,β-unsaturated/α-hetero) is 2. The Morgan fingerprint density at radius 3 is 2.36 bits per heavy atom. The largest absolute Gasteiger partial charge is 0.508 e. The number of hydrogen-bond donors (Lipinski definition) is 9. The van der Waals surface area contributed by atoms with Gasteiger partial charge in [0.05, 0.1) is 16.9 Å². The molecule has 0 aliphatic heterocycles. The van der Waals surface area contributed by atoms with Crippen molar-refractivity contribution in [1.82, 2.24) is 5.32 Å². The molecule has 1 fully saturated rings. The van der Waals surface area contributed by atoms with Crippen molar-refractivity contribution in [2.45, 2.75) is 57.2 Å². The number of anilines is 1. The van der Waals surface area contributed by atoms with Crippen molar-refractivity contribution in [3.63, 3.8) is 0 Å². The lowest BCUT2D eigenvalue weighted by molar-refractivity contribution is -0.157. The molecule has 0 radical (unpaired) electrons. The minimum absolute atomic E-state index is 0.00116. The van der Waals surface area contributed by atoms with E-state index in [1.807, 2.05) is 0 Å². The smallest absolute Gasteiger partial charge is 0.319 e. The number of carbonyl (C=O) groups is 5. The number of phenols is 1. The van der Waals surface area contributed by atoms with Crippen LogP contribution < -0.4 is 16.4 Å². The topological polar surface area (TPSA) is 257 Å². The highest BCUT2D eigenvalue weighted by Crippen LogP contribution is 2.58. The fraction of sp³-hybridized carbons (Fsp3) is 0.464. The van der Waals surface area contributed by atoms with Crippen molar-refractivity contribution in [2.75, 3.05) is 11.9 Å². The van der Waals surface area contributed by atoms with Crippen molar-refractivity contribution in [3.8, 4) is 5.75 Å². The molecule has 0 unspecified atom stereocenters. The summed E-state index contributed by atoms with van der Waals surface area (Å²) in [7, 11) is 0. The molecular weight excluding hydrogens is 554 g/mol. The number of fused-ring (bicyclic) bond motifs is 3. The van der Waals surface area contributed by atoms with Gasteiger partial charge in [0.2, 0.25) is 5.78 Å². The zero-order valence-electron chi connectivity index (χ0n) is 22.9. The van der Waals surface area contributed by atoms with E-state index in [9.17, 15) is 49.5 Å². The predicted octanol–water partition coefficient (Wildman–Crippen LogP) is 1.10. The monoisotopic (exact) mass is 587 g/mol.